The van der Waals surface area contributed by atoms with Crippen LogP contribution in [0.3, 0.4) is 0 Å². The predicted molar refractivity (Wildman–Crippen MR) is 136 cm³/mol. The Kier molecular flexibility index (Phi) is 8.17. The van der Waals surface area contributed by atoms with Crippen LogP contribution < -0.4 is 10.9 Å². The van der Waals surface area contributed by atoms with E-state index in [-0.39, 0.29) is 35.9 Å². The molecule has 1 fully saturated rings. The van der Waals surface area contributed by atoms with Crippen molar-refractivity contribution in [2.24, 2.45) is 0 Å². The normalized spacial score (nSPS) is 14.5. The van der Waals surface area contributed by atoms with Gasteiger partial charge in [0.25, 0.3) is 11.5 Å². The van der Waals surface area contributed by atoms with Gasteiger partial charge in [0.1, 0.15) is 23.4 Å². The van der Waals surface area contributed by atoms with Gasteiger partial charge in [-0.1, -0.05) is 12.1 Å². The molecular weight excluding hydrogens is 479 g/mol. The van der Waals surface area contributed by atoms with Crippen LogP contribution in [-0.2, 0) is 22.5 Å². The topological polar surface area (TPSA) is 114 Å². The minimum Gasteiger partial charge on any atom is -0.505 e. The molecule has 9 nitrogen and oxygen atoms in total. The van der Waals surface area contributed by atoms with Crippen LogP contribution in [0, 0.1) is 5.82 Å². The summed E-state index contributed by atoms with van der Waals surface area (Å²) in [5.41, 5.74) is 0.558. The lowest BCUT2D eigenvalue weighted by Gasteiger charge is -2.27. The number of ether oxygens (including phenoxy) is 1. The number of nitrogens with zero attached hydrogens (tertiary/aromatic N) is 3. The van der Waals surface area contributed by atoms with Crippen molar-refractivity contribution in [3.63, 3.8) is 0 Å². The number of likely N-dealkylation sites (tertiary alicyclic amines) is 1. The Morgan fingerprint density at radius 1 is 1.16 bits per heavy atom. The Labute approximate surface area is 213 Å². The zero-order valence-electron chi connectivity index (χ0n) is 21.0. The molecule has 3 aromatic rings. The number of piperidine rings is 1. The number of amides is 2. The number of benzene rings is 1. The summed E-state index contributed by atoms with van der Waals surface area (Å²) in [6.45, 7) is 2.86. The Bertz CT molecular complexity index is 1350. The number of aromatic nitrogens is 2. The van der Waals surface area contributed by atoms with Crippen molar-refractivity contribution in [3.8, 4) is 5.75 Å². The SMILES string of the molecule is COCC(C)NC(=O)c1c(O)c2ncc(Cc3ccc(F)cc3)cc2n(CC(=O)N2CCCCC2)c1=O. The first-order valence-corrected chi connectivity index (χ1v) is 12.3. The second kappa shape index (κ2) is 11.5. The smallest absolute Gasteiger partial charge is 0.268 e. The molecule has 1 aliphatic rings. The van der Waals surface area contributed by atoms with Gasteiger partial charge in [-0.3, -0.25) is 23.9 Å². The molecule has 1 aliphatic heterocycles. The molecule has 1 unspecified atom stereocenters. The van der Waals surface area contributed by atoms with Gasteiger partial charge in [-0.2, -0.15) is 0 Å². The largest absolute Gasteiger partial charge is 0.505 e. The lowest BCUT2D eigenvalue weighted by molar-refractivity contribution is -0.132. The maximum atomic E-state index is 13.6. The van der Waals surface area contributed by atoms with Crippen LogP contribution in [0.15, 0.2) is 41.3 Å². The van der Waals surface area contributed by atoms with Crippen molar-refractivity contribution >= 4 is 22.8 Å². The molecule has 2 N–H and O–H groups in total. The summed E-state index contributed by atoms with van der Waals surface area (Å²) >= 11 is 0. The zero-order valence-corrected chi connectivity index (χ0v) is 21.0. The fourth-order valence-electron chi connectivity index (χ4n) is 4.61. The van der Waals surface area contributed by atoms with E-state index in [9.17, 15) is 23.9 Å². The minimum absolute atomic E-state index is 0.0402. The first-order chi connectivity index (χ1) is 17.8. The number of nitrogens with one attached hydrogen (secondary N) is 1. The fraction of sp³-hybridized carbons (Fsp3) is 0.407. The molecule has 196 valence electrons. The highest BCUT2D eigenvalue weighted by molar-refractivity contribution is 6.01. The number of hydrogen-bond donors (Lipinski definition) is 2. The highest BCUT2D eigenvalue weighted by atomic mass is 19.1. The van der Waals surface area contributed by atoms with Crippen LogP contribution in [0.5, 0.6) is 5.75 Å². The molecule has 0 saturated carbocycles. The lowest BCUT2D eigenvalue weighted by atomic mass is 10.0. The maximum absolute atomic E-state index is 13.6. The average Bonchev–Trinajstić information content (AvgIpc) is 2.88. The molecule has 2 aromatic heterocycles. The maximum Gasteiger partial charge on any atom is 0.268 e. The number of halogens is 1. The monoisotopic (exact) mass is 510 g/mol. The van der Waals surface area contributed by atoms with Gasteiger partial charge in [-0.15, -0.1) is 0 Å². The third-order valence-corrected chi connectivity index (χ3v) is 6.48. The van der Waals surface area contributed by atoms with E-state index in [4.69, 9.17) is 4.74 Å². The number of aromatic hydroxyl groups is 1. The van der Waals surface area contributed by atoms with Crippen LogP contribution in [-0.4, -0.2) is 64.2 Å². The van der Waals surface area contributed by atoms with Crippen molar-refractivity contribution < 1.29 is 23.8 Å². The highest BCUT2D eigenvalue weighted by Crippen LogP contribution is 2.26. The number of fused-ring (bicyclic) bond motifs is 1. The van der Waals surface area contributed by atoms with Gasteiger partial charge in [-0.25, -0.2) is 4.39 Å². The summed E-state index contributed by atoms with van der Waals surface area (Å²) in [6.07, 6.45) is 4.76. The summed E-state index contributed by atoms with van der Waals surface area (Å²) in [5, 5.41) is 13.6. The van der Waals surface area contributed by atoms with Gasteiger partial charge in [0, 0.05) is 32.4 Å². The second-order valence-corrected chi connectivity index (χ2v) is 9.40. The van der Waals surface area contributed by atoms with Crippen LogP contribution in [0.25, 0.3) is 11.0 Å². The number of carbonyl (C=O) groups is 2. The van der Waals surface area contributed by atoms with E-state index in [1.165, 1.54) is 30.0 Å². The number of methoxy groups -OCH3 is 1. The molecule has 37 heavy (non-hydrogen) atoms. The van der Waals surface area contributed by atoms with Gasteiger partial charge in [0.15, 0.2) is 5.75 Å². The van der Waals surface area contributed by atoms with E-state index in [2.05, 4.69) is 10.3 Å². The van der Waals surface area contributed by atoms with E-state index in [1.54, 1.807) is 30.0 Å². The van der Waals surface area contributed by atoms with E-state index in [0.29, 0.717) is 25.1 Å². The number of hydrogen-bond acceptors (Lipinski definition) is 6. The summed E-state index contributed by atoms with van der Waals surface area (Å²) < 4.78 is 19.6. The Hall–Kier alpha value is -3.79. The first-order valence-electron chi connectivity index (χ1n) is 12.3. The van der Waals surface area contributed by atoms with E-state index in [0.717, 1.165) is 24.8 Å². The van der Waals surface area contributed by atoms with Crippen LogP contribution in [0.2, 0.25) is 0 Å². The molecule has 0 aliphatic carbocycles. The van der Waals surface area contributed by atoms with Gasteiger partial charge in [0.2, 0.25) is 5.91 Å². The molecule has 1 aromatic carbocycles. The van der Waals surface area contributed by atoms with Crippen LogP contribution in [0.1, 0.15) is 47.7 Å². The Morgan fingerprint density at radius 2 is 1.86 bits per heavy atom. The summed E-state index contributed by atoms with van der Waals surface area (Å²) in [6, 6.07) is 7.28. The third kappa shape index (κ3) is 5.96. The molecule has 2 amide bonds. The van der Waals surface area contributed by atoms with Crippen molar-refractivity contribution in [1.29, 1.82) is 0 Å². The predicted octanol–water partition coefficient (Wildman–Crippen LogP) is 2.61. The van der Waals surface area contributed by atoms with Crippen LogP contribution >= 0.6 is 0 Å². The molecule has 10 heteroatoms. The molecule has 0 spiro atoms. The molecular formula is C27H31FN4O5. The standard InChI is InChI=1S/C27H31FN4O5/c1-17(16-37-2)30-26(35)23-25(34)24-21(13-19(14-29-24)12-18-6-8-20(28)9-7-18)32(27(23)36)15-22(33)31-10-4-3-5-11-31/h6-9,13-14,17,34H,3-5,10-12,15-16H2,1-2H3,(H,30,35). The van der Waals surface area contributed by atoms with E-state index < -0.39 is 28.8 Å². The van der Waals surface area contributed by atoms with Crippen molar-refractivity contribution in [2.75, 3.05) is 26.8 Å². The molecule has 1 saturated heterocycles. The van der Waals surface area contributed by atoms with Crippen molar-refractivity contribution in [2.45, 2.75) is 45.2 Å². The molecule has 0 radical (unpaired) electrons. The Morgan fingerprint density at radius 3 is 2.54 bits per heavy atom. The molecule has 3 heterocycles. The lowest BCUT2D eigenvalue weighted by Crippen LogP contribution is -2.42. The first kappa shape index (κ1) is 26.3. The van der Waals surface area contributed by atoms with E-state index in [1.807, 2.05) is 0 Å². The van der Waals surface area contributed by atoms with Crippen LogP contribution in [0.4, 0.5) is 4.39 Å². The Balaban J connectivity index is 1.79. The molecule has 4 rings (SSSR count). The number of rotatable bonds is 8. The van der Waals surface area contributed by atoms with Gasteiger partial charge in [0.05, 0.1) is 12.1 Å². The third-order valence-electron chi connectivity index (χ3n) is 6.48. The van der Waals surface area contributed by atoms with Gasteiger partial charge >= 0.3 is 0 Å². The quantitative estimate of drug-likeness (QED) is 0.482. The van der Waals surface area contributed by atoms with Crippen molar-refractivity contribution in [3.05, 3.63) is 69.4 Å². The average molecular weight is 511 g/mol. The van der Waals surface area contributed by atoms with Gasteiger partial charge in [-0.05, 0) is 61.9 Å². The summed E-state index contributed by atoms with van der Waals surface area (Å²) in [4.78, 5) is 45.8. The van der Waals surface area contributed by atoms with E-state index >= 15 is 0 Å². The van der Waals surface area contributed by atoms with Crippen molar-refractivity contribution in [1.82, 2.24) is 19.8 Å². The summed E-state index contributed by atoms with van der Waals surface area (Å²) in [7, 11) is 1.49. The fourth-order valence-corrected chi connectivity index (χ4v) is 4.61. The minimum atomic E-state index is -0.779. The zero-order chi connectivity index (χ0) is 26.5. The second-order valence-electron chi connectivity index (χ2n) is 9.40. The number of pyridine rings is 2. The molecule has 1 atom stereocenters. The molecule has 0 bridgehead atoms. The number of carbonyl (C=O) groups excluding carboxylic acids is 2. The van der Waals surface area contributed by atoms with Gasteiger partial charge < -0.3 is 20.1 Å². The summed E-state index contributed by atoms with van der Waals surface area (Å²) in [5.74, 6) is -1.90. The highest BCUT2D eigenvalue weighted by Gasteiger charge is 2.26.